The number of para-hydroxylation sites is 1. The van der Waals surface area contributed by atoms with Gasteiger partial charge in [-0.3, -0.25) is 4.79 Å². The number of aromatic amines is 1. The van der Waals surface area contributed by atoms with E-state index in [0.29, 0.717) is 6.54 Å². The molecule has 0 spiro atoms. The summed E-state index contributed by atoms with van der Waals surface area (Å²) < 4.78 is 0. The maximum absolute atomic E-state index is 12.7. The summed E-state index contributed by atoms with van der Waals surface area (Å²) in [6.07, 6.45) is 2.84. The molecule has 0 saturated heterocycles. The van der Waals surface area contributed by atoms with E-state index in [1.807, 2.05) is 42.6 Å². The Hall–Kier alpha value is -2.50. The van der Waals surface area contributed by atoms with E-state index in [-0.39, 0.29) is 5.91 Å². The van der Waals surface area contributed by atoms with Gasteiger partial charge in [0.2, 0.25) is 0 Å². The molecule has 0 aliphatic heterocycles. The van der Waals surface area contributed by atoms with Crippen LogP contribution in [0.4, 0.5) is 0 Å². The topological polar surface area (TPSA) is 44.9 Å². The molecule has 0 bridgehead atoms. The van der Waals surface area contributed by atoms with Crippen LogP contribution in [0.15, 0.2) is 77.1 Å². The van der Waals surface area contributed by atoms with Gasteiger partial charge in [-0.25, -0.2) is 0 Å². The van der Waals surface area contributed by atoms with Gasteiger partial charge in [0.25, 0.3) is 5.91 Å². The number of H-pyrrole nitrogens is 1. The van der Waals surface area contributed by atoms with Crippen molar-refractivity contribution in [2.24, 2.45) is 0 Å². The molecule has 3 nitrogen and oxygen atoms in total. The van der Waals surface area contributed by atoms with E-state index in [1.165, 1.54) is 15.8 Å². The first-order valence-corrected chi connectivity index (χ1v) is 10.8. The molecule has 5 heteroatoms. The molecule has 2 heterocycles. The van der Waals surface area contributed by atoms with Gasteiger partial charge in [-0.2, -0.15) is 0 Å². The van der Waals surface area contributed by atoms with Crippen LogP contribution in [0.5, 0.6) is 0 Å². The van der Waals surface area contributed by atoms with E-state index in [9.17, 15) is 4.79 Å². The van der Waals surface area contributed by atoms with Crippen molar-refractivity contribution in [3.8, 4) is 0 Å². The molecule has 0 aliphatic rings. The van der Waals surface area contributed by atoms with E-state index < -0.39 is 0 Å². The van der Waals surface area contributed by atoms with Crippen LogP contribution in [0.3, 0.4) is 0 Å². The van der Waals surface area contributed by atoms with Crippen LogP contribution in [0.1, 0.15) is 20.8 Å². The van der Waals surface area contributed by atoms with E-state index in [2.05, 4.69) is 39.9 Å². The van der Waals surface area contributed by atoms with E-state index in [1.54, 1.807) is 23.1 Å². The molecule has 0 radical (unpaired) electrons. The number of carbonyl (C=O) groups is 1. The monoisotopic (exact) mass is 392 g/mol. The molecule has 4 rings (SSSR count). The van der Waals surface area contributed by atoms with Gasteiger partial charge in [0, 0.05) is 39.2 Å². The lowest BCUT2D eigenvalue weighted by Crippen LogP contribution is -2.26. The van der Waals surface area contributed by atoms with Crippen LogP contribution in [-0.4, -0.2) is 17.4 Å². The lowest BCUT2D eigenvalue weighted by atomic mass is 10.1. The van der Waals surface area contributed by atoms with Gasteiger partial charge in [0.15, 0.2) is 0 Å². The molecule has 0 saturated carbocycles. The number of thioether (sulfide) groups is 1. The number of thiophene rings is 1. The zero-order valence-electron chi connectivity index (χ0n) is 14.8. The van der Waals surface area contributed by atoms with Crippen molar-refractivity contribution in [3.63, 3.8) is 0 Å². The van der Waals surface area contributed by atoms with Gasteiger partial charge in [0.1, 0.15) is 0 Å². The van der Waals surface area contributed by atoms with Gasteiger partial charge in [-0.05, 0) is 41.6 Å². The third-order valence-corrected chi connectivity index (χ3v) is 6.62. The second-order valence-electron chi connectivity index (χ2n) is 6.23. The molecule has 0 atom stereocenters. The molecule has 2 N–H and O–H groups in total. The second-order valence-corrected chi connectivity index (χ2v) is 8.28. The summed E-state index contributed by atoms with van der Waals surface area (Å²) in [7, 11) is 0. The number of aromatic nitrogens is 1. The number of amides is 1. The first-order chi connectivity index (χ1) is 13.3. The quantitative estimate of drug-likeness (QED) is 0.408. The van der Waals surface area contributed by atoms with E-state index in [4.69, 9.17) is 0 Å². The molecule has 0 fully saturated rings. The smallest absolute Gasteiger partial charge is 0.252 e. The van der Waals surface area contributed by atoms with Crippen molar-refractivity contribution in [3.05, 3.63) is 88.2 Å². The molecular formula is C22H20N2OS2. The SMILES string of the molecule is O=C(NCCc1c[nH]c2ccccc12)c1ccccc1SCc1cccs1. The zero-order chi connectivity index (χ0) is 18.5. The fraction of sp³-hybridized carbons (Fsp3) is 0.136. The lowest BCUT2D eigenvalue weighted by Gasteiger charge is -2.09. The predicted octanol–water partition coefficient (Wildman–Crippen LogP) is 5.49. The van der Waals surface area contributed by atoms with Crippen LogP contribution >= 0.6 is 23.1 Å². The molecule has 1 amide bonds. The highest BCUT2D eigenvalue weighted by molar-refractivity contribution is 7.98. The maximum Gasteiger partial charge on any atom is 0.252 e. The van der Waals surface area contributed by atoms with Crippen LogP contribution < -0.4 is 5.32 Å². The summed E-state index contributed by atoms with van der Waals surface area (Å²) in [6, 6.07) is 20.3. The van der Waals surface area contributed by atoms with E-state index in [0.717, 1.165) is 28.1 Å². The van der Waals surface area contributed by atoms with Crippen molar-refractivity contribution in [2.45, 2.75) is 17.1 Å². The van der Waals surface area contributed by atoms with Crippen LogP contribution in [0, 0.1) is 0 Å². The first-order valence-electron chi connectivity index (χ1n) is 8.88. The Bertz CT molecular complexity index is 1040. The van der Waals surface area contributed by atoms with Crippen molar-refractivity contribution >= 4 is 39.9 Å². The molecule has 136 valence electrons. The van der Waals surface area contributed by atoms with Crippen molar-refractivity contribution < 1.29 is 4.79 Å². The number of rotatable bonds is 7. The Morgan fingerprint density at radius 3 is 2.78 bits per heavy atom. The highest BCUT2D eigenvalue weighted by atomic mass is 32.2. The normalized spacial score (nSPS) is 11.0. The fourth-order valence-electron chi connectivity index (χ4n) is 3.07. The van der Waals surface area contributed by atoms with Crippen LogP contribution in [0.25, 0.3) is 10.9 Å². The highest BCUT2D eigenvalue weighted by Crippen LogP contribution is 2.28. The molecular weight excluding hydrogens is 372 g/mol. The average molecular weight is 393 g/mol. The zero-order valence-corrected chi connectivity index (χ0v) is 16.4. The Balaban J connectivity index is 1.38. The molecule has 27 heavy (non-hydrogen) atoms. The number of nitrogens with one attached hydrogen (secondary N) is 2. The fourth-order valence-corrected chi connectivity index (χ4v) is 4.89. The predicted molar refractivity (Wildman–Crippen MR) is 115 cm³/mol. The molecule has 0 unspecified atom stereocenters. The van der Waals surface area contributed by atoms with Gasteiger partial charge in [-0.15, -0.1) is 23.1 Å². The summed E-state index contributed by atoms with van der Waals surface area (Å²) in [5, 5.41) is 6.38. The van der Waals surface area contributed by atoms with Crippen LogP contribution in [-0.2, 0) is 12.2 Å². The Labute approximate surface area is 166 Å². The standard InChI is InChI=1S/C22H20N2OS2/c25-22(23-12-11-16-14-24-20-9-3-1-7-18(16)20)19-8-2-4-10-21(19)27-15-17-6-5-13-26-17/h1-10,13-14,24H,11-12,15H2,(H,23,25). The van der Waals surface area contributed by atoms with Crippen molar-refractivity contribution in [1.82, 2.24) is 10.3 Å². The van der Waals surface area contributed by atoms with Crippen molar-refractivity contribution in [2.75, 3.05) is 6.54 Å². The minimum Gasteiger partial charge on any atom is -0.361 e. The average Bonchev–Trinajstić information content (AvgIpc) is 3.37. The second kappa shape index (κ2) is 8.46. The van der Waals surface area contributed by atoms with Crippen molar-refractivity contribution in [1.29, 1.82) is 0 Å². The summed E-state index contributed by atoms with van der Waals surface area (Å²) in [5.74, 6) is 0.876. The largest absolute Gasteiger partial charge is 0.361 e. The first kappa shape index (κ1) is 17.9. The van der Waals surface area contributed by atoms with Gasteiger partial charge < -0.3 is 10.3 Å². The third-order valence-electron chi connectivity index (χ3n) is 4.44. The lowest BCUT2D eigenvalue weighted by molar-refractivity contribution is 0.0951. The van der Waals surface area contributed by atoms with Gasteiger partial charge in [-0.1, -0.05) is 36.4 Å². The summed E-state index contributed by atoms with van der Waals surface area (Å²) >= 11 is 3.46. The number of benzene rings is 2. The summed E-state index contributed by atoms with van der Waals surface area (Å²) in [5.41, 5.74) is 3.11. The Morgan fingerprint density at radius 2 is 1.89 bits per heavy atom. The summed E-state index contributed by atoms with van der Waals surface area (Å²) in [6.45, 7) is 0.616. The number of hydrogen-bond donors (Lipinski definition) is 2. The molecule has 2 aromatic carbocycles. The number of fused-ring (bicyclic) bond motifs is 1. The van der Waals surface area contributed by atoms with Gasteiger partial charge in [0.05, 0.1) is 5.56 Å². The number of hydrogen-bond acceptors (Lipinski definition) is 3. The Kier molecular flexibility index (Phi) is 5.61. The number of carbonyl (C=O) groups excluding carboxylic acids is 1. The third kappa shape index (κ3) is 4.26. The molecule has 0 aliphatic carbocycles. The highest BCUT2D eigenvalue weighted by Gasteiger charge is 2.12. The molecule has 4 aromatic rings. The maximum atomic E-state index is 12.7. The minimum atomic E-state index is -0.0101. The van der Waals surface area contributed by atoms with Crippen LogP contribution in [0.2, 0.25) is 0 Å². The van der Waals surface area contributed by atoms with Gasteiger partial charge >= 0.3 is 0 Å². The van der Waals surface area contributed by atoms with E-state index >= 15 is 0 Å². The molecule has 2 aromatic heterocycles. The Morgan fingerprint density at radius 1 is 1.04 bits per heavy atom. The minimum absolute atomic E-state index is 0.0101. The summed E-state index contributed by atoms with van der Waals surface area (Å²) in [4.78, 5) is 18.3.